The lowest BCUT2D eigenvalue weighted by Gasteiger charge is -2.27. The van der Waals surface area contributed by atoms with Gasteiger partial charge >= 0.3 is 0 Å². The highest BCUT2D eigenvalue weighted by Crippen LogP contribution is 2.07. The maximum absolute atomic E-state index is 12.0. The van der Waals surface area contributed by atoms with Crippen LogP contribution < -0.4 is 10.0 Å². The van der Waals surface area contributed by atoms with Crippen LogP contribution in [-0.4, -0.2) is 52.6 Å². The Hall–Kier alpha value is -1.46. The van der Waals surface area contributed by atoms with E-state index >= 15 is 0 Å². The molecule has 114 valence electrons. The van der Waals surface area contributed by atoms with Crippen molar-refractivity contribution in [3.05, 3.63) is 35.4 Å². The van der Waals surface area contributed by atoms with Crippen LogP contribution in [0.2, 0.25) is 0 Å². The van der Waals surface area contributed by atoms with Gasteiger partial charge in [0, 0.05) is 39.3 Å². The first-order chi connectivity index (χ1) is 10.1. The molecule has 0 atom stereocenters. The number of piperazine rings is 1. The average molecular weight is 308 g/mol. The summed E-state index contributed by atoms with van der Waals surface area (Å²) in [5.74, 6) is -0.0553. The van der Waals surface area contributed by atoms with Gasteiger partial charge in [0.1, 0.15) is 0 Å². The Morgan fingerprint density at radius 2 is 1.90 bits per heavy atom. The summed E-state index contributed by atoms with van der Waals surface area (Å²) in [5, 5.41) is 12.0. The lowest BCUT2D eigenvalue weighted by Crippen LogP contribution is -2.46. The lowest BCUT2D eigenvalue weighted by molar-refractivity contribution is 0.245. The molecule has 0 aromatic heterocycles. The molecule has 1 aromatic carbocycles. The van der Waals surface area contributed by atoms with Gasteiger partial charge in [0.05, 0.1) is 17.4 Å². The highest BCUT2D eigenvalue weighted by Gasteiger charge is 2.13. The maximum atomic E-state index is 12.0. The van der Waals surface area contributed by atoms with Crippen LogP contribution in [0.5, 0.6) is 0 Å². The minimum Gasteiger partial charge on any atom is -0.314 e. The molecule has 21 heavy (non-hydrogen) atoms. The molecular weight excluding hydrogens is 288 g/mol. The van der Waals surface area contributed by atoms with Gasteiger partial charge in [0.2, 0.25) is 10.0 Å². The number of benzene rings is 1. The molecule has 1 aromatic rings. The minimum atomic E-state index is -3.33. The largest absolute Gasteiger partial charge is 0.314 e. The van der Waals surface area contributed by atoms with Gasteiger partial charge in [-0.05, 0) is 17.7 Å². The zero-order valence-corrected chi connectivity index (χ0v) is 12.7. The fourth-order valence-corrected chi connectivity index (χ4v) is 3.38. The smallest absolute Gasteiger partial charge is 0.215 e. The van der Waals surface area contributed by atoms with Crippen molar-refractivity contribution in [3.63, 3.8) is 0 Å². The molecule has 6 nitrogen and oxygen atoms in total. The Bertz CT molecular complexity index is 586. The van der Waals surface area contributed by atoms with E-state index in [9.17, 15) is 8.42 Å². The molecule has 1 aliphatic heterocycles. The van der Waals surface area contributed by atoms with E-state index in [1.807, 2.05) is 6.07 Å². The summed E-state index contributed by atoms with van der Waals surface area (Å²) >= 11 is 0. The molecule has 1 aliphatic rings. The lowest BCUT2D eigenvalue weighted by atomic mass is 10.2. The van der Waals surface area contributed by atoms with Crippen molar-refractivity contribution in [1.82, 2.24) is 14.9 Å². The van der Waals surface area contributed by atoms with Crippen LogP contribution in [-0.2, 0) is 15.8 Å². The van der Waals surface area contributed by atoms with Gasteiger partial charge < -0.3 is 5.32 Å². The number of rotatable bonds is 6. The average Bonchev–Trinajstić information content (AvgIpc) is 2.48. The van der Waals surface area contributed by atoms with Gasteiger partial charge in [0.25, 0.3) is 0 Å². The second-order valence-electron chi connectivity index (χ2n) is 5.05. The summed E-state index contributed by atoms with van der Waals surface area (Å²) in [6.45, 7) is 4.98. The maximum Gasteiger partial charge on any atom is 0.215 e. The second kappa shape index (κ2) is 7.52. The van der Waals surface area contributed by atoms with Crippen LogP contribution in [0.3, 0.4) is 0 Å². The van der Waals surface area contributed by atoms with Gasteiger partial charge in [-0.15, -0.1) is 0 Å². The molecule has 1 heterocycles. The SMILES string of the molecule is N#Cc1ccc(CS(=O)(=O)NCCN2CCNCC2)cc1. The number of nitrogens with one attached hydrogen (secondary N) is 2. The van der Waals surface area contributed by atoms with Crippen LogP contribution >= 0.6 is 0 Å². The Labute approximate surface area is 125 Å². The second-order valence-corrected chi connectivity index (χ2v) is 6.86. The number of hydrogen-bond donors (Lipinski definition) is 2. The van der Waals surface area contributed by atoms with Gasteiger partial charge in [0.15, 0.2) is 0 Å². The summed E-state index contributed by atoms with van der Waals surface area (Å²) in [5.41, 5.74) is 1.21. The number of hydrogen-bond acceptors (Lipinski definition) is 5. The van der Waals surface area contributed by atoms with Crippen LogP contribution in [0.25, 0.3) is 0 Å². The van der Waals surface area contributed by atoms with Gasteiger partial charge in [-0.1, -0.05) is 12.1 Å². The number of nitrogens with zero attached hydrogens (tertiary/aromatic N) is 2. The van der Waals surface area contributed by atoms with E-state index in [2.05, 4.69) is 14.9 Å². The molecule has 0 unspecified atom stereocenters. The molecule has 0 saturated carbocycles. The Balaban J connectivity index is 1.79. The molecule has 1 fully saturated rings. The van der Waals surface area contributed by atoms with E-state index in [1.165, 1.54) is 0 Å². The monoisotopic (exact) mass is 308 g/mol. The summed E-state index contributed by atoms with van der Waals surface area (Å²) in [6.07, 6.45) is 0. The first-order valence-corrected chi connectivity index (χ1v) is 8.64. The summed E-state index contributed by atoms with van der Waals surface area (Å²) in [7, 11) is -3.33. The molecule has 2 rings (SSSR count). The van der Waals surface area contributed by atoms with Crippen molar-refractivity contribution >= 4 is 10.0 Å². The van der Waals surface area contributed by atoms with E-state index < -0.39 is 10.0 Å². The fraction of sp³-hybridized carbons (Fsp3) is 0.500. The first-order valence-electron chi connectivity index (χ1n) is 6.98. The molecule has 0 aliphatic carbocycles. The van der Waals surface area contributed by atoms with Crippen LogP contribution in [0, 0.1) is 11.3 Å². The van der Waals surface area contributed by atoms with Crippen molar-refractivity contribution in [2.24, 2.45) is 0 Å². The van der Waals surface area contributed by atoms with E-state index in [-0.39, 0.29) is 5.75 Å². The molecule has 0 radical (unpaired) electrons. The van der Waals surface area contributed by atoms with E-state index in [0.29, 0.717) is 17.7 Å². The fourth-order valence-electron chi connectivity index (χ4n) is 2.24. The van der Waals surface area contributed by atoms with E-state index in [1.54, 1.807) is 24.3 Å². The molecule has 1 saturated heterocycles. The van der Waals surface area contributed by atoms with Crippen LogP contribution in [0.1, 0.15) is 11.1 Å². The quantitative estimate of drug-likeness (QED) is 0.765. The Kier molecular flexibility index (Phi) is 5.70. The van der Waals surface area contributed by atoms with Crippen molar-refractivity contribution in [2.45, 2.75) is 5.75 Å². The van der Waals surface area contributed by atoms with Crippen molar-refractivity contribution in [3.8, 4) is 6.07 Å². The summed E-state index contributed by atoms with van der Waals surface area (Å²) in [4.78, 5) is 2.24. The molecular formula is C14H20N4O2S. The third-order valence-electron chi connectivity index (χ3n) is 3.40. The Morgan fingerprint density at radius 3 is 2.52 bits per heavy atom. The molecule has 2 N–H and O–H groups in total. The van der Waals surface area contributed by atoms with E-state index in [4.69, 9.17) is 5.26 Å². The highest BCUT2D eigenvalue weighted by molar-refractivity contribution is 7.88. The van der Waals surface area contributed by atoms with Gasteiger partial charge in [-0.25, -0.2) is 13.1 Å². The zero-order valence-electron chi connectivity index (χ0n) is 11.9. The third-order valence-corrected chi connectivity index (χ3v) is 4.76. The predicted octanol–water partition coefficient (Wildman–Crippen LogP) is -0.117. The van der Waals surface area contributed by atoms with Gasteiger partial charge in [-0.3, -0.25) is 4.90 Å². The predicted molar refractivity (Wildman–Crippen MR) is 81.1 cm³/mol. The molecule has 0 bridgehead atoms. The Morgan fingerprint density at radius 1 is 1.24 bits per heavy atom. The first kappa shape index (κ1) is 15.9. The van der Waals surface area contributed by atoms with Crippen LogP contribution in [0.15, 0.2) is 24.3 Å². The summed E-state index contributed by atoms with van der Waals surface area (Å²) in [6, 6.07) is 8.62. The molecule has 0 spiro atoms. The van der Waals surface area contributed by atoms with Crippen LogP contribution in [0.4, 0.5) is 0 Å². The molecule has 7 heteroatoms. The number of sulfonamides is 1. The molecule has 0 amide bonds. The van der Waals surface area contributed by atoms with Crippen molar-refractivity contribution < 1.29 is 8.42 Å². The normalized spacial score (nSPS) is 16.5. The van der Waals surface area contributed by atoms with Crippen molar-refractivity contribution in [2.75, 3.05) is 39.3 Å². The topological polar surface area (TPSA) is 85.2 Å². The third kappa shape index (κ3) is 5.44. The number of nitriles is 1. The highest BCUT2D eigenvalue weighted by atomic mass is 32.2. The summed E-state index contributed by atoms with van der Waals surface area (Å²) < 4.78 is 26.6. The van der Waals surface area contributed by atoms with Gasteiger partial charge in [-0.2, -0.15) is 5.26 Å². The van der Waals surface area contributed by atoms with E-state index in [0.717, 1.165) is 32.7 Å². The van der Waals surface area contributed by atoms with Crippen molar-refractivity contribution in [1.29, 1.82) is 5.26 Å². The standard InChI is InChI=1S/C14H20N4O2S/c15-11-13-1-3-14(4-2-13)12-21(19,20)17-7-10-18-8-5-16-6-9-18/h1-4,16-17H,5-10,12H2. The zero-order chi connectivity index (χ0) is 15.1. The minimum absolute atomic E-state index is 0.0553.